The Balaban J connectivity index is 1.90. The summed E-state index contributed by atoms with van der Waals surface area (Å²) in [5.41, 5.74) is -2.41. The maximum Gasteiger partial charge on any atom is 0.416 e. The van der Waals surface area contributed by atoms with Crippen LogP contribution in [0.5, 0.6) is 5.75 Å². The number of hydrogen-bond acceptors (Lipinski definition) is 7. The van der Waals surface area contributed by atoms with Crippen LogP contribution in [0.25, 0.3) is 0 Å². The number of halogens is 4. The Hall–Kier alpha value is -2.73. The first kappa shape index (κ1) is 29.3. The van der Waals surface area contributed by atoms with E-state index < -0.39 is 45.6 Å². The van der Waals surface area contributed by atoms with E-state index in [4.69, 9.17) is 14.2 Å². The Morgan fingerprint density at radius 2 is 1.77 bits per heavy atom. The second-order valence-corrected chi connectivity index (χ2v) is 12.6. The van der Waals surface area contributed by atoms with E-state index in [1.54, 1.807) is 45.0 Å². The van der Waals surface area contributed by atoms with Crippen LogP contribution in [-0.2, 0) is 26.4 Å². The van der Waals surface area contributed by atoms with Crippen molar-refractivity contribution in [1.82, 2.24) is 4.90 Å². The molecule has 2 aromatic carbocycles. The second kappa shape index (κ2) is 10.0. The van der Waals surface area contributed by atoms with Crippen LogP contribution in [0.15, 0.2) is 51.9 Å². The van der Waals surface area contributed by atoms with Crippen LogP contribution in [0.3, 0.4) is 0 Å². The molecule has 0 spiro atoms. The fourth-order valence-corrected chi connectivity index (χ4v) is 6.78. The van der Waals surface area contributed by atoms with Gasteiger partial charge in [0.2, 0.25) is 0 Å². The van der Waals surface area contributed by atoms with Crippen molar-refractivity contribution < 1.29 is 37.0 Å². The lowest BCUT2D eigenvalue weighted by Crippen LogP contribution is -2.46. The van der Waals surface area contributed by atoms with Gasteiger partial charge in [-0.15, -0.1) is 0 Å². The molecule has 4 rings (SSSR count). The summed E-state index contributed by atoms with van der Waals surface area (Å²) in [6.45, 7) is 6.19. The fourth-order valence-electron chi connectivity index (χ4n) is 4.79. The van der Waals surface area contributed by atoms with E-state index in [-0.39, 0.29) is 17.3 Å². The van der Waals surface area contributed by atoms with Gasteiger partial charge in [-0.3, -0.25) is 14.7 Å². The first-order chi connectivity index (χ1) is 18.1. The van der Waals surface area contributed by atoms with Gasteiger partial charge in [-0.05, 0) is 63.6 Å². The van der Waals surface area contributed by atoms with Crippen molar-refractivity contribution in [2.45, 2.75) is 56.0 Å². The molecular formula is C27H28BrF3N2O5S. The number of ether oxygens (including phenoxy) is 3. The van der Waals surface area contributed by atoms with Crippen LogP contribution >= 0.6 is 27.7 Å². The average Bonchev–Trinajstić information content (AvgIpc) is 3.39. The molecule has 39 heavy (non-hydrogen) atoms. The van der Waals surface area contributed by atoms with E-state index in [0.29, 0.717) is 27.5 Å². The summed E-state index contributed by atoms with van der Waals surface area (Å²) in [6, 6.07) is 10.7. The van der Waals surface area contributed by atoms with E-state index in [9.17, 15) is 9.59 Å². The first-order valence-corrected chi connectivity index (χ1v) is 13.6. The van der Waals surface area contributed by atoms with E-state index in [1.807, 2.05) is 0 Å². The number of alkyl halides is 2. The van der Waals surface area contributed by atoms with Crippen molar-refractivity contribution in [3.8, 4) is 5.75 Å². The summed E-state index contributed by atoms with van der Waals surface area (Å²) < 4.78 is 60.3. The molecule has 1 fully saturated rings. The number of carbonyl (C=O) groups excluding carboxylic acids is 2. The summed E-state index contributed by atoms with van der Waals surface area (Å²) in [6.07, 6.45) is -0.871. The SMILES string of the molecule is COC(=O)C12SC(N(Cc3ccc(OC)cc3)C(=O)OC(C)(C)C)=NC(C)(c3cc(Br)ccc3F)C1C2(F)F. The quantitative estimate of drug-likeness (QED) is 0.351. The van der Waals surface area contributed by atoms with E-state index in [1.165, 1.54) is 26.2 Å². The van der Waals surface area contributed by atoms with Crippen molar-refractivity contribution in [3.05, 3.63) is 63.9 Å². The average molecular weight is 629 g/mol. The van der Waals surface area contributed by atoms with Gasteiger partial charge in [-0.25, -0.2) is 18.0 Å². The van der Waals surface area contributed by atoms with Crippen molar-refractivity contribution in [1.29, 1.82) is 0 Å². The minimum Gasteiger partial charge on any atom is -0.497 e. The number of fused-ring (bicyclic) bond motifs is 1. The Morgan fingerprint density at radius 1 is 1.13 bits per heavy atom. The first-order valence-electron chi connectivity index (χ1n) is 11.9. The lowest BCUT2D eigenvalue weighted by atomic mass is 9.85. The Labute approximate surface area is 237 Å². The Kier molecular flexibility index (Phi) is 7.52. The van der Waals surface area contributed by atoms with E-state index >= 15 is 13.2 Å². The highest BCUT2D eigenvalue weighted by Gasteiger charge is 2.92. The number of nitrogens with zero attached hydrogens (tertiary/aromatic N) is 2. The highest BCUT2D eigenvalue weighted by atomic mass is 79.9. The molecule has 0 saturated heterocycles. The molecule has 0 radical (unpaired) electrons. The number of methoxy groups -OCH3 is 2. The Morgan fingerprint density at radius 3 is 2.33 bits per heavy atom. The minimum absolute atomic E-state index is 0.130. The zero-order valence-corrected chi connectivity index (χ0v) is 24.6. The standard InChI is InChI=1S/C27H28BrF3N2O5S/c1-24(2,3)38-23(35)33(14-15-7-10-17(36-5)11-8-15)22-32-25(4,18-13-16(28)9-12-19(18)29)20-26(39-22,21(34)37-6)27(20,30)31/h7-13,20H,14H2,1-6H3. The van der Waals surface area contributed by atoms with E-state index in [2.05, 4.69) is 20.9 Å². The highest BCUT2D eigenvalue weighted by molar-refractivity contribution is 9.10. The summed E-state index contributed by atoms with van der Waals surface area (Å²) in [7, 11) is 2.52. The number of thioether (sulfide) groups is 1. The van der Waals surface area contributed by atoms with Gasteiger partial charge in [-0.2, -0.15) is 0 Å². The molecule has 0 N–H and O–H groups in total. The summed E-state index contributed by atoms with van der Waals surface area (Å²) in [5.74, 6) is -6.75. The largest absolute Gasteiger partial charge is 0.497 e. The topological polar surface area (TPSA) is 77.4 Å². The minimum atomic E-state index is -3.63. The van der Waals surface area contributed by atoms with Gasteiger partial charge < -0.3 is 14.2 Å². The monoisotopic (exact) mass is 628 g/mol. The molecule has 2 aromatic rings. The highest BCUT2D eigenvalue weighted by Crippen LogP contribution is 2.75. The molecule has 1 heterocycles. The number of aliphatic imine (C=N–C) groups is 1. The van der Waals surface area contributed by atoms with E-state index in [0.717, 1.165) is 18.1 Å². The molecular weight excluding hydrogens is 601 g/mol. The summed E-state index contributed by atoms with van der Waals surface area (Å²) in [4.78, 5) is 32.1. The number of amides is 1. The summed E-state index contributed by atoms with van der Waals surface area (Å²) >= 11 is 3.70. The number of benzene rings is 2. The lowest BCUT2D eigenvalue weighted by molar-refractivity contribution is -0.143. The van der Waals surface area contributed by atoms with Crippen molar-refractivity contribution >= 4 is 44.9 Å². The fraction of sp³-hybridized carbons (Fsp3) is 0.444. The van der Waals surface area contributed by atoms with Gasteiger partial charge in [0.25, 0.3) is 5.92 Å². The van der Waals surface area contributed by atoms with Gasteiger partial charge in [-0.1, -0.05) is 39.8 Å². The third kappa shape index (κ3) is 5.01. The summed E-state index contributed by atoms with van der Waals surface area (Å²) in [5, 5.41) is -0.222. The van der Waals surface area contributed by atoms with Gasteiger partial charge >= 0.3 is 12.1 Å². The molecule has 2 aliphatic rings. The van der Waals surface area contributed by atoms with Crippen LogP contribution < -0.4 is 4.74 Å². The predicted molar refractivity (Wildman–Crippen MR) is 144 cm³/mol. The molecule has 0 bridgehead atoms. The number of carbonyl (C=O) groups is 2. The van der Waals surface area contributed by atoms with Gasteiger partial charge in [0.05, 0.1) is 32.2 Å². The van der Waals surface area contributed by atoms with Crippen molar-refractivity contribution in [3.63, 3.8) is 0 Å². The maximum absolute atomic E-state index is 15.7. The molecule has 1 amide bonds. The number of amidine groups is 1. The predicted octanol–water partition coefficient (Wildman–Crippen LogP) is 6.53. The third-order valence-electron chi connectivity index (χ3n) is 6.63. The zero-order valence-electron chi connectivity index (χ0n) is 22.2. The van der Waals surface area contributed by atoms with Crippen LogP contribution in [0, 0.1) is 11.7 Å². The second-order valence-electron chi connectivity index (χ2n) is 10.5. The zero-order chi connectivity index (χ0) is 29.0. The molecule has 210 valence electrons. The van der Waals surface area contributed by atoms with Crippen LogP contribution in [0.4, 0.5) is 18.0 Å². The molecule has 1 saturated carbocycles. The normalized spacial score (nSPS) is 25.2. The van der Waals surface area contributed by atoms with Gasteiger partial charge in [0.1, 0.15) is 17.2 Å². The molecule has 1 aliphatic carbocycles. The van der Waals surface area contributed by atoms with Crippen LogP contribution in [0.1, 0.15) is 38.8 Å². The molecule has 7 nitrogen and oxygen atoms in total. The van der Waals surface area contributed by atoms with Crippen LogP contribution in [-0.4, -0.2) is 52.6 Å². The molecule has 0 aromatic heterocycles. The number of hydrogen-bond donors (Lipinski definition) is 0. The Bertz CT molecular complexity index is 1330. The van der Waals surface area contributed by atoms with Crippen LogP contribution in [0.2, 0.25) is 0 Å². The van der Waals surface area contributed by atoms with Gasteiger partial charge in [0.15, 0.2) is 9.91 Å². The molecule has 3 atom stereocenters. The lowest BCUT2D eigenvalue weighted by Gasteiger charge is -2.36. The van der Waals surface area contributed by atoms with Gasteiger partial charge in [0, 0.05) is 10.0 Å². The smallest absolute Gasteiger partial charge is 0.416 e. The number of esters is 1. The molecule has 1 aliphatic heterocycles. The number of rotatable bonds is 5. The molecule has 3 unspecified atom stereocenters. The molecule has 12 heteroatoms. The van der Waals surface area contributed by atoms with Crippen molar-refractivity contribution in [2.75, 3.05) is 14.2 Å². The maximum atomic E-state index is 15.7. The van der Waals surface area contributed by atoms with Crippen molar-refractivity contribution in [2.24, 2.45) is 10.9 Å². The third-order valence-corrected chi connectivity index (χ3v) is 8.61.